The van der Waals surface area contributed by atoms with E-state index in [0.717, 1.165) is 33.1 Å². The van der Waals surface area contributed by atoms with Gasteiger partial charge in [0.2, 0.25) is 0 Å². The molecule has 2 aromatic carbocycles. The summed E-state index contributed by atoms with van der Waals surface area (Å²) in [5, 5.41) is 4.23. The van der Waals surface area contributed by atoms with Gasteiger partial charge in [-0.25, -0.2) is 0 Å². The lowest BCUT2D eigenvalue weighted by Gasteiger charge is -2.13. The lowest BCUT2D eigenvalue weighted by atomic mass is 10.2. The molecule has 0 unspecified atom stereocenters. The molecule has 110 valence electrons. The van der Waals surface area contributed by atoms with E-state index in [1.54, 1.807) is 0 Å². The predicted octanol–water partition coefficient (Wildman–Crippen LogP) is 5.46. The lowest BCUT2D eigenvalue weighted by Crippen LogP contribution is -2.15. The van der Waals surface area contributed by atoms with Crippen LogP contribution in [-0.4, -0.2) is 6.04 Å². The van der Waals surface area contributed by atoms with Crippen molar-refractivity contribution < 1.29 is 4.74 Å². The number of halogens is 2. The maximum Gasteiger partial charge on any atom is 0.141 e. The van der Waals surface area contributed by atoms with Crippen molar-refractivity contribution in [1.29, 1.82) is 0 Å². The molecule has 4 heteroatoms. The molecule has 1 fully saturated rings. The zero-order chi connectivity index (χ0) is 14.8. The van der Waals surface area contributed by atoms with Crippen LogP contribution in [0.15, 0.2) is 40.9 Å². The van der Waals surface area contributed by atoms with Crippen molar-refractivity contribution in [3.63, 3.8) is 0 Å². The Kier molecular flexibility index (Phi) is 4.53. The smallest absolute Gasteiger partial charge is 0.141 e. The Morgan fingerprint density at radius 2 is 1.95 bits per heavy atom. The Hall–Kier alpha value is -1.03. The zero-order valence-electron chi connectivity index (χ0n) is 11.8. The fourth-order valence-electron chi connectivity index (χ4n) is 2.13. The van der Waals surface area contributed by atoms with Crippen LogP contribution in [0.5, 0.6) is 11.5 Å². The number of rotatable bonds is 5. The van der Waals surface area contributed by atoms with Gasteiger partial charge < -0.3 is 10.1 Å². The molecule has 2 nitrogen and oxygen atoms in total. The molecule has 1 saturated carbocycles. The van der Waals surface area contributed by atoms with Crippen molar-refractivity contribution in [2.45, 2.75) is 32.4 Å². The van der Waals surface area contributed by atoms with Crippen LogP contribution in [0.1, 0.15) is 24.0 Å². The van der Waals surface area contributed by atoms with Crippen LogP contribution in [0.25, 0.3) is 0 Å². The van der Waals surface area contributed by atoms with Gasteiger partial charge in [-0.3, -0.25) is 0 Å². The quantitative estimate of drug-likeness (QED) is 0.759. The minimum atomic E-state index is 0.656. The highest BCUT2D eigenvalue weighted by Gasteiger charge is 2.20. The van der Waals surface area contributed by atoms with Gasteiger partial charge in [0.05, 0.1) is 4.47 Å². The number of hydrogen-bond acceptors (Lipinski definition) is 2. The summed E-state index contributed by atoms with van der Waals surface area (Å²) >= 11 is 9.66. The highest BCUT2D eigenvalue weighted by atomic mass is 79.9. The second-order valence-corrected chi connectivity index (χ2v) is 6.73. The lowest BCUT2D eigenvalue weighted by molar-refractivity contribution is 0.469. The van der Waals surface area contributed by atoms with Crippen LogP contribution in [0.2, 0.25) is 5.02 Å². The molecule has 0 radical (unpaired) electrons. The van der Waals surface area contributed by atoms with Crippen molar-refractivity contribution >= 4 is 27.5 Å². The average molecular weight is 367 g/mol. The Balaban J connectivity index is 1.82. The van der Waals surface area contributed by atoms with Gasteiger partial charge in [0.15, 0.2) is 0 Å². The van der Waals surface area contributed by atoms with Gasteiger partial charge in [-0.2, -0.15) is 0 Å². The maximum atomic E-state index is 6.11. The Morgan fingerprint density at radius 1 is 1.19 bits per heavy atom. The van der Waals surface area contributed by atoms with Crippen LogP contribution in [-0.2, 0) is 6.54 Å². The van der Waals surface area contributed by atoms with Gasteiger partial charge in [-0.05, 0) is 71.6 Å². The van der Waals surface area contributed by atoms with Crippen LogP contribution in [0.3, 0.4) is 0 Å². The van der Waals surface area contributed by atoms with Crippen LogP contribution in [0, 0.1) is 6.92 Å². The molecule has 3 rings (SSSR count). The van der Waals surface area contributed by atoms with Crippen molar-refractivity contribution in [1.82, 2.24) is 5.32 Å². The van der Waals surface area contributed by atoms with Gasteiger partial charge in [0.25, 0.3) is 0 Å². The number of hydrogen-bond donors (Lipinski definition) is 1. The second kappa shape index (κ2) is 6.39. The summed E-state index contributed by atoms with van der Waals surface area (Å²) in [5.74, 6) is 1.66. The third-order valence-corrected chi connectivity index (χ3v) is 4.34. The standard InChI is InChI=1S/C17H17BrClNO/c1-11-2-6-17(15(18)8-11)21-16-7-3-13(19)9-12(16)10-20-14-4-5-14/h2-3,6-9,14,20H,4-5,10H2,1H3. The molecule has 0 saturated heterocycles. The summed E-state index contributed by atoms with van der Waals surface area (Å²) in [4.78, 5) is 0. The van der Waals surface area contributed by atoms with E-state index in [-0.39, 0.29) is 0 Å². The van der Waals surface area contributed by atoms with E-state index in [0.29, 0.717) is 6.04 Å². The van der Waals surface area contributed by atoms with Gasteiger partial charge >= 0.3 is 0 Å². The largest absolute Gasteiger partial charge is 0.456 e. The molecular formula is C17H17BrClNO. The molecule has 0 spiro atoms. The van der Waals surface area contributed by atoms with E-state index < -0.39 is 0 Å². The summed E-state index contributed by atoms with van der Waals surface area (Å²) in [6.07, 6.45) is 2.53. The first kappa shape index (κ1) is 14.9. The van der Waals surface area contributed by atoms with Crippen LogP contribution >= 0.6 is 27.5 Å². The fourth-order valence-corrected chi connectivity index (χ4v) is 2.90. The summed E-state index contributed by atoms with van der Waals surface area (Å²) in [5.41, 5.74) is 2.28. The first-order chi connectivity index (χ1) is 10.1. The van der Waals surface area contributed by atoms with Gasteiger partial charge in [-0.1, -0.05) is 17.7 Å². The number of aryl methyl sites for hydroxylation is 1. The molecule has 0 atom stereocenters. The minimum absolute atomic E-state index is 0.656. The summed E-state index contributed by atoms with van der Waals surface area (Å²) in [7, 11) is 0. The van der Waals surface area contributed by atoms with Crippen molar-refractivity contribution in [3.8, 4) is 11.5 Å². The number of benzene rings is 2. The summed E-state index contributed by atoms with van der Waals surface area (Å²) in [6, 6.07) is 12.5. The Morgan fingerprint density at radius 3 is 2.67 bits per heavy atom. The number of nitrogens with one attached hydrogen (secondary N) is 1. The molecular weight excluding hydrogens is 350 g/mol. The van der Waals surface area contributed by atoms with Crippen LogP contribution in [0.4, 0.5) is 0 Å². The summed E-state index contributed by atoms with van der Waals surface area (Å²) < 4.78 is 7.01. The molecule has 21 heavy (non-hydrogen) atoms. The Bertz CT molecular complexity index is 655. The zero-order valence-corrected chi connectivity index (χ0v) is 14.2. The van der Waals surface area contributed by atoms with Crippen molar-refractivity contribution in [2.75, 3.05) is 0 Å². The van der Waals surface area contributed by atoms with E-state index in [2.05, 4.69) is 28.2 Å². The van der Waals surface area contributed by atoms with Gasteiger partial charge in [0, 0.05) is 23.2 Å². The summed E-state index contributed by atoms with van der Waals surface area (Å²) in [6.45, 7) is 2.84. The molecule has 1 aliphatic carbocycles. The highest BCUT2D eigenvalue weighted by Crippen LogP contribution is 2.33. The van der Waals surface area contributed by atoms with Crippen LogP contribution < -0.4 is 10.1 Å². The predicted molar refractivity (Wildman–Crippen MR) is 90.3 cm³/mol. The van der Waals surface area contributed by atoms with E-state index in [4.69, 9.17) is 16.3 Å². The van der Waals surface area contributed by atoms with E-state index in [1.165, 1.54) is 18.4 Å². The average Bonchev–Trinajstić information content (AvgIpc) is 3.26. The normalized spacial score (nSPS) is 14.2. The van der Waals surface area contributed by atoms with Crippen molar-refractivity contribution in [3.05, 3.63) is 57.0 Å². The maximum absolute atomic E-state index is 6.11. The molecule has 0 heterocycles. The van der Waals surface area contributed by atoms with E-state index >= 15 is 0 Å². The first-order valence-corrected chi connectivity index (χ1v) is 8.25. The third-order valence-electron chi connectivity index (χ3n) is 3.49. The SMILES string of the molecule is Cc1ccc(Oc2ccc(Cl)cc2CNC2CC2)c(Br)c1. The van der Waals surface area contributed by atoms with Gasteiger partial charge in [0.1, 0.15) is 11.5 Å². The minimum Gasteiger partial charge on any atom is -0.456 e. The monoisotopic (exact) mass is 365 g/mol. The molecule has 0 aromatic heterocycles. The van der Waals surface area contributed by atoms with E-state index in [1.807, 2.05) is 36.4 Å². The fraction of sp³-hybridized carbons (Fsp3) is 0.294. The van der Waals surface area contributed by atoms with E-state index in [9.17, 15) is 0 Å². The topological polar surface area (TPSA) is 21.3 Å². The molecule has 1 N–H and O–H groups in total. The Labute approximate surface area is 138 Å². The molecule has 1 aliphatic rings. The third kappa shape index (κ3) is 4.00. The molecule has 2 aromatic rings. The van der Waals surface area contributed by atoms with Gasteiger partial charge in [-0.15, -0.1) is 0 Å². The molecule has 0 aliphatic heterocycles. The molecule has 0 amide bonds. The van der Waals surface area contributed by atoms with Crippen molar-refractivity contribution in [2.24, 2.45) is 0 Å². The highest BCUT2D eigenvalue weighted by molar-refractivity contribution is 9.10. The second-order valence-electron chi connectivity index (χ2n) is 5.44. The first-order valence-electron chi connectivity index (χ1n) is 7.07. The molecule has 0 bridgehead atoms. The number of ether oxygens (including phenoxy) is 1.